The number of amides is 1. The van der Waals surface area contributed by atoms with Crippen LogP contribution in [-0.4, -0.2) is 42.7 Å². The summed E-state index contributed by atoms with van der Waals surface area (Å²) in [4.78, 5) is 14.2. The quantitative estimate of drug-likeness (QED) is 0.789. The second kappa shape index (κ2) is 5.02. The number of ether oxygens (including phenoxy) is 2. The Morgan fingerprint density at radius 3 is 3.11 bits per heavy atom. The zero-order valence-electron chi connectivity index (χ0n) is 10.8. The minimum atomic E-state index is -0.418. The molecule has 19 heavy (non-hydrogen) atoms. The van der Waals surface area contributed by atoms with E-state index >= 15 is 0 Å². The van der Waals surface area contributed by atoms with Crippen LogP contribution in [0.4, 0.5) is 0 Å². The largest absolute Gasteiger partial charge is 0.480 e. The predicted octanol–water partition coefficient (Wildman–Crippen LogP) is 1.89. The van der Waals surface area contributed by atoms with Crippen molar-refractivity contribution in [3.63, 3.8) is 0 Å². The van der Waals surface area contributed by atoms with Gasteiger partial charge in [-0.05, 0) is 30.7 Å². The first-order chi connectivity index (χ1) is 9.13. The van der Waals surface area contributed by atoms with Crippen molar-refractivity contribution in [2.45, 2.75) is 25.6 Å². The number of hydrogen-bond donors (Lipinski definition) is 0. The Bertz CT molecular complexity index is 505. The van der Waals surface area contributed by atoms with E-state index in [-0.39, 0.29) is 12.0 Å². The Kier molecular flexibility index (Phi) is 3.37. The normalized spacial score (nSPS) is 25.9. The van der Waals surface area contributed by atoms with Crippen molar-refractivity contribution in [1.82, 2.24) is 4.90 Å². The zero-order chi connectivity index (χ0) is 13.4. The molecule has 3 rings (SSSR count). The summed E-state index contributed by atoms with van der Waals surface area (Å²) in [6.07, 6.45) is 0.273. The lowest BCUT2D eigenvalue weighted by atomic mass is 10.1. The number of carbonyl (C=O) groups is 1. The van der Waals surface area contributed by atoms with Crippen LogP contribution in [0.5, 0.6) is 5.75 Å². The van der Waals surface area contributed by atoms with Crippen LogP contribution in [0.15, 0.2) is 18.2 Å². The van der Waals surface area contributed by atoms with E-state index in [0.717, 1.165) is 11.3 Å². The molecule has 2 atom stereocenters. The average Bonchev–Trinajstić information content (AvgIpc) is 2.80. The number of benzene rings is 1. The van der Waals surface area contributed by atoms with Crippen LogP contribution in [-0.2, 0) is 16.0 Å². The van der Waals surface area contributed by atoms with Gasteiger partial charge < -0.3 is 14.4 Å². The molecule has 0 bridgehead atoms. The summed E-state index contributed by atoms with van der Waals surface area (Å²) in [5.74, 6) is 0.812. The van der Waals surface area contributed by atoms with E-state index in [1.807, 2.05) is 24.0 Å². The minimum absolute atomic E-state index is 0.0440. The van der Waals surface area contributed by atoms with Crippen molar-refractivity contribution < 1.29 is 14.3 Å². The second-order valence-corrected chi connectivity index (χ2v) is 5.46. The summed E-state index contributed by atoms with van der Waals surface area (Å²) in [5.41, 5.74) is 1.01. The lowest BCUT2D eigenvalue weighted by molar-refractivity contribution is -0.144. The highest BCUT2D eigenvalue weighted by atomic mass is 35.5. The van der Waals surface area contributed by atoms with Gasteiger partial charge >= 0.3 is 0 Å². The van der Waals surface area contributed by atoms with E-state index in [2.05, 4.69) is 0 Å². The summed E-state index contributed by atoms with van der Waals surface area (Å²) in [5, 5.41) is 0.676. The highest BCUT2D eigenvalue weighted by molar-refractivity contribution is 6.30. The number of halogens is 1. The molecular formula is C14H16ClNO3. The van der Waals surface area contributed by atoms with Gasteiger partial charge in [-0.25, -0.2) is 0 Å². The second-order valence-electron chi connectivity index (χ2n) is 5.03. The van der Waals surface area contributed by atoms with Gasteiger partial charge in [0.2, 0.25) is 0 Å². The van der Waals surface area contributed by atoms with Gasteiger partial charge in [0.25, 0.3) is 5.91 Å². The monoisotopic (exact) mass is 281 g/mol. The fourth-order valence-corrected chi connectivity index (χ4v) is 2.77. The summed E-state index contributed by atoms with van der Waals surface area (Å²) in [6.45, 7) is 3.85. The highest BCUT2D eigenvalue weighted by Crippen LogP contribution is 2.31. The number of hydrogen-bond acceptors (Lipinski definition) is 3. The molecule has 2 aliphatic heterocycles. The molecule has 0 radical (unpaired) electrons. The average molecular weight is 282 g/mol. The molecule has 0 aliphatic carbocycles. The van der Waals surface area contributed by atoms with Crippen LogP contribution in [0.25, 0.3) is 0 Å². The highest BCUT2D eigenvalue weighted by Gasteiger charge is 2.34. The maximum atomic E-state index is 12.4. The first-order valence-electron chi connectivity index (χ1n) is 6.49. The van der Waals surface area contributed by atoms with Crippen LogP contribution in [0.2, 0.25) is 5.02 Å². The van der Waals surface area contributed by atoms with Crippen molar-refractivity contribution in [2.24, 2.45) is 0 Å². The van der Waals surface area contributed by atoms with Crippen molar-refractivity contribution in [2.75, 3.05) is 19.7 Å². The van der Waals surface area contributed by atoms with Gasteiger partial charge in [-0.3, -0.25) is 4.79 Å². The molecule has 102 valence electrons. The van der Waals surface area contributed by atoms with Crippen molar-refractivity contribution in [3.8, 4) is 5.75 Å². The third-order valence-electron chi connectivity index (χ3n) is 3.53. The molecule has 0 saturated carbocycles. The van der Waals surface area contributed by atoms with Crippen LogP contribution in [0.1, 0.15) is 12.5 Å². The summed E-state index contributed by atoms with van der Waals surface area (Å²) >= 11 is 5.95. The van der Waals surface area contributed by atoms with Crippen LogP contribution < -0.4 is 4.74 Å². The molecule has 2 heterocycles. The number of fused-ring (bicyclic) bond motifs is 1. The summed E-state index contributed by atoms with van der Waals surface area (Å²) in [7, 11) is 0. The fraction of sp³-hybridized carbons (Fsp3) is 0.500. The van der Waals surface area contributed by atoms with Crippen LogP contribution in [0.3, 0.4) is 0 Å². The zero-order valence-corrected chi connectivity index (χ0v) is 11.5. The SMILES string of the molecule is C[C@H]1CN(C(=O)[C@@H]2Cc3cc(Cl)ccc3O2)CCO1. The molecule has 1 saturated heterocycles. The first-order valence-corrected chi connectivity index (χ1v) is 6.87. The lowest BCUT2D eigenvalue weighted by Gasteiger charge is -2.32. The van der Waals surface area contributed by atoms with E-state index in [0.29, 0.717) is 31.1 Å². The van der Waals surface area contributed by atoms with Crippen LogP contribution >= 0.6 is 11.6 Å². The maximum Gasteiger partial charge on any atom is 0.264 e. The first kappa shape index (κ1) is 12.8. The Balaban J connectivity index is 1.70. The molecule has 5 heteroatoms. The predicted molar refractivity (Wildman–Crippen MR) is 71.6 cm³/mol. The van der Waals surface area contributed by atoms with Gasteiger partial charge in [-0.2, -0.15) is 0 Å². The van der Waals surface area contributed by atoms with E-state index in [1.165, 1.54) is 0 Å². The molecule has 1 aromatic rings. The van der Waals surface area contributed by atoms with Crippen LogP contribution in [0, 0.1) is 0 Å². The molecule has 0 aromatic heterocycles. The summed E-state index contributed by atoms with van der Waals surface area (Å²) < 4.78 is 11.2. The lowest BCUT2D eigenvalue weighted by Crippen LogP contribution is -2.49. The Labute approximate surface area is 117 Å². The molecule has 4 nitrogen and oxygen atoms in total. The van der Waals surface area contributed by atoms with Gasteiger partial charge in [0.05, 0.1) is 12.7 Å². The Hall–Kier alpha value is -1.26. The Morgan fingerprint density at radius 2 is 2.32 bits per heavy atom. The molecule has 2 aliphatic rings. The standard InChI is InChI=1S/C14H16ClNO3/c1-9-8-16(4-5-18-9)14(17)13-7-10-6-11(15)2-3-12(10)19-13/h2-3,6,9,13H,4-5,7-8H2,1H3/t9-,13-/m0/s1. The number of rotatable bonds is 1. The molecular weight excluding hydrogens is 266 g/mol. The topological polar surface area (TPSA) is 38.8 Å². The van der Waals surface area contributed by atoms with Gasteiger partial charge in [0.1, 0.15) is 5.75 Å². The smallest absolute Gasteiger partial charge is 0.264 e. The van der Waals surface area contributed by atoms with Gasteiger partial charge in [0.15, 0.2) is 6.10 Å². The number of carbonyl (C=O) groups excluding carboxylic acids is 1. The van der Waals surface area contributed by atoms with Gasteiger partial charge in [-0.15, -0.1) is 0 Å². The molecule has 1 amide bonds. The summed E-state index contributed by atoms with van der Waals surface area (Å²) in [6, 6.07) is 5.48. The molecule has 0 spiro atoms. The van der Waals surface area contributed by atoms with Gasteiger partial charge in [0, 0.05) is 24.5 Å². The number of morpholine rings is 1. The molecule has 0 unspecified atom stereocenters. The van der Waals surface area contributed by atoms with Crippen molar-refractivity contribution >= 4 is 17.5 Å². The molecule has 0 N–H and O–H groups in total. The third kappa shape index (κ3) is 2.55. The van der Waals surface area contributed by atoms with Crippen molar-refractivity contribution in [1.29, 1.82) is 0 Å². The van der Waals surface area contributed by atoms with E-state index < -0.39 is 6.10 Å². The maximum absolute atomic E-state index is 12.4. The minimum Gasteiger partial charge on any atom is -0.480 e. The van der Waals surface area contributed by atoms with Crippen molar-refractivity contribution in [3.05, 3.63) is 28.8 Å². The molecule has 1 fully saturated rings. The van der Waals surface area contributed by atoms with E-state index in [9.17, 15) is 4.79 Å². The van der Waals surface area contributed by atoms with E-state index in [4.69, 9.17) is 21.1 Å². The van der Waals surface area contributed by atoms with E-state index in [1.54, 1.807) is 6.07 Å². The fourth-order valence-electron chi connectivity index (χ4n) is 2.58. The number of nitrogens with zero attached hydrogens (tertiary/aromatic N) is 1. The molecule has 1 aromatic carbocycles. The van der Waals surface area contributed by atoms with Gasteiger partial charge in [-0.1, -0.05) is 11.6 Å². The Morgan fingerprint density at radius 1 is 1.47 bits per heavy atom. The third-order valence-corrected chi connectivity index (χ3v) is 3.76.